The van der Waals surface area contributed by atoms with E-state index in [0.717, 1.165) is 0 Å². The first kappa shape index (κ1) is 10.4. The summed E-state index contributed by atoms with van der Waals surface area (Å²) in [6.07, 6.45) is 0. The number of benzene rings is 2. The molecule has 0 saturated heterocycles. The van der Waals surface area contributed by atoms with Crippen molar-refractivity contribution in [3.8, 4) is 11.1 Å². The van der Waals surface area contributed by atoms with Crippen molar-refractivity contribution in [2.75, 3.05) is 0 Å². The first-order valence-electron chi connectivity index (χ1n) is 5.23. The molecule has 0 N–H and O–H groups in total. The van der Waals surface area contributed by atoms with E-state index in [1.165, 1.54) is 16.7 Å². The van der Waals surface area contributed by atoms with Gasteiger partial charge in [0.2, 0.25) is 0 Å². The molecule has 1 heteroatoms. The Morgan fingerprint density at radius 3 is 2.12 bits per heavy atom. The molecule has 0 saturated carbocycles. The van der Waals surface area contributed by atoms with Gasteiger partial charge in [0.25, 0.3) is 0 Å². The molecule has 78 valence electrons. The molecule has 0 bridgehead atoms. The van der Waals surface area contributed by atoms with Gasteiger partial charge >= 0.3 is 0 Å². The van der Waals surface area contributed by atoms with Crippen molar-refractivity contribution in [1.82, 2.24) is 0 Å². The molecule has 2 rings (SSSR count). The monoisotopic (exact) mass is 207 g/mol. The summed E-state index contributed by atoms with van der Waals surface area (Å²) in [6, 6.07) is 18.7. The summed E-state index contributed by atoms with van der Waals surface area (Å²) in [4.78, 5) is 3.98. The van der Waals surface area contributed by atoms with Crippen LogP contribution in [0.1, 0.15) is 5.56 Å². The van der Waals surface area contributed by atoms with Gasteiger partial charge < -0.3 is 0 Å². The van der Waals surface area contributed by atoms with Crippen LogP contribution in [0.15, 0.2) is 66.2 Å². The van der Waals surface area contributed by atoms with Crippen LogP contribution in [-0.2, 0) is 6.54 Å². The predicted molar refractivity (Wildman–Crippen MR) is 68.6 cm³/mol. The lowest BCUT2D eigenvalue weighted by Gasteiger charge is -2.02. The summed E-state index contributed by atoms with van der Waals surface area (Å²) in [5.41, 5.74) is 3.64. The van der Waals surface area contributed by atoms with Crippen LogP contribution in [0.25, 0.3) is 11.1 Å². The molecule has 2 aromatic rings. The number of nitrogens with zero attached hydrogens (tertiary/aromatic N) is 1. The minimum atomic E-state index is 0.651. The van der Waals surface area contributed by atoms with Crippen LogP contribution < -0.4 is 0 Å². The minimum absolute atomic E-state index is 0.651. The Balaban J connectivity index is 2.23. The normalized spacial score (nSPS) is 9.50. The second kappa shape index (κ2) is 5.11. The topological polar surface area (TPSA) is 12.4 Å². The Morgan fingerprint density at radius 2 is 1.50 bits per heavy atom. The smallest absolute Gasteiger partial charge is 0.0734 e. The number of rotatable bonds is 3. The highest BCUT2D eigenvalue weighted by atomic mass is 14.7. The zero-order valence-corrected chi connectivity index (χ0v) is 9.06. The van der Waals surface area contributed by atoms with Crippen LogP contribution in [-0.4, -0.2) is 5.87 Å². The summed E-state index contributed by atoms with van der Waals surface area (Å²) >= 11 is 0. The van der Waals surface area contributed by atoms with E-state index in [1.807, 2.05) is 18.2 Å². The van der Waals surface area contributed by atoms with E-state index < -0.39 is 0 Å². The Morgan fingerprint density at radius 1 is 0.875 bits per heavy atom. The molecule has 2 aromatic carbocycles. The van der Waals surface area contributed by atoms with Gasteiger partial charge in [-0.15, -0.1) is 0 Å². The fraction of sp³-hybridized carbons (Fsp3) is 0.0667. The minimum Gasteiger partial charge on any atom is -0.239 e. The Kier molecular flexibility index (Phi) is 3.32. The van der Waals surface area contributed by atoms with E-state index in [-0.39, 0.29) is 0 Å². The van der Waals surface area contributed by atoms with E-state index in [1.54, 1.807) is 0 Å². The van der Waals surface area contributed by atoms with Crippen LogP contribution in [0.2, 0.25) is 0 Å². The molecule has 0 heterocycles. The quantitative estimate of drug-likeness (QED) is 0.680. The third-order valence-corrected chi connectivity index (χ3v) is 2.43. The van der Waals surface area contributed by atoms with E-state index >= 15 is 0 Å². The molecule has 0 unspecified atom stereocenters. The lowest BCUT2D eigenvalue weighted by Crippen LogP contribution is -1.82. The van der Waals surface area contributed by atoms with Crippen LogP contribution in [0.4, 0.5) is 0 Å². The van der Waals surface area contributed by atoms with Gasteiger partial charge in [-0.3, -0.25) is 0 Å². The van der Waals surface area contributed by atoms with Crippen molar-refractivity contribution >= 4 is 5.87 Å². The molecule has 0 amide bonds. The zero-order valence-electron chi connectivity index (χ0n) is 9.06. The van der Waals surface area contributed by atoms with Gasteiger partial charge in [0.1, 0.15) is 0 Å². The maximum Gasteiger partial charge on any atom is 0.0734 e. The third-order valence-electron chi connectivity index (χ3n) is 2.43. The fourth-order valence-electron chi connectivity index (χ4n) is 1.58. The van der Waals surface area contributed by atoms with Crippen molar-refractivity contribution in [2.24, 2.45) is 4.99 Å². The molecule has 0 radical (unpaired) electrons. The summed E-state index contributed by atoms with van der Waals surface area (Å²) in [6.45, 7) is 4.10. The average molecular weight is 207 g/mol. The van der Waals surface area contributed by atoms with Crippen molar-refractivity contribution in [1.29, 1.82) is 0 Å². The second-order valence-corrected chi connectivity index (χ2v) is 3.54. The molecule has 0 aromatic heterocycles. The van der Waals surface area contributed by atoms with Crippen molar-refractivity contribution in [3.05, 3.63) is 66.7 Å². The number of hydrogen-bond donors (Lipinski definition) is 0. The molecule has 16 heavy (non-hydrogen) atoms. The van der Waals surface area contributed by atoms with Crippen LogP contribution in [0.3, 0.4) is 0 Å². The molecule has 0 aliphatic heterocycles. The number of aliphatic imine (C=N–C) groups is 1. The molecule has 1 nitrogen and oxygen atoms in total. The average Bonchev–Trinajstić information content (AvgIpc) is 2.38. The van der Waals surface area contributed by atoms with Crippen molar-refractivity contribution < 1.29 is 0 Å². The van der Waals surface area contributed by atoms with Gasteiger partial charge in [-0.05, 0) is 29.1 Å². The van der Waals surface area contributed by atoms with Crippen LogP contribution >= 0.6 is 0 Å². The van der Waals surface area contributed by atoms with Crippen molar-refractivity contribution in [3.63, 3.8) is 0 Å². The SMILES string of the molecule is C=C=NCc1ccc(-c2ccccc2)cc1. The summed E-state index contributed by atoms with van der Waals surface area (Å²) < 4.78 is 0. The third kappa shape index (κ3) is 2.47. The molecule has 0 fully saturated rings. The molecule has 0 aliphatic carbocycles. The van der Waals surface area contributed by atoms with Gasteiger partial charge in [0, 0.05) is 0 Å². The first-order valence-corrected chi connectivity index (χ1v) is 5.23. The molecular formula is C15H13N. The zero-order chi connectivity index (χ0) is 11.2. The largest absolute Gasteiger partial charge is 0.239 e. The second-order valence-electron chi connectivity index (χ2n) is 3.54. The Labute approximate surface area is 95.8 Å². The first-order chi connectivity index (χ1) is 7.90. The van der Waals surface area contributed by atoms with Gasteiger partial charge in [-0.2, -0.15) is 0 Å². The summed E-state index contributed by atoms with van der Waals surface area (Å²) in [7, 11) is 0. The highest BCUT2D eigenvalue weighted by Gasteiger charge is 1.96. The van der Waals surface area contributed by atoms with Gasteiger partial charge in [-0.1, -0.05) is 54.6 Å². The molecule has 0 aliphatic rings. The van der Waals surface area contributed by atoms with E-state index in [0.29, 0.717) is 6.54 Å². The van der Waals surface area contributed by atoms with Gasteiger partial charge in [-0.25, -0.2) is 4.99 Å². The van der Waals surface area contributed by atoms with Crippen LogP contribution in [0.5, 0.6) is 0 Å². The summed E-state index contributed by atoms with van der Waals surface area (Å²) in [5, 5.41) is 0. The lowest BCUT2D eigenvalue weighted by molar-refractivity contribution is 1.08. The van der Waals surface area contributed by atoms with Gasteiger partial charge in [0.15, 0.2) is 0 Å². The lowest BCUT2D eigenvalue weighted by atomic mass is 10.0. The summed E-state index contributed by atoms with van der Waals surface area (Å²) in [5.74, 6) is 2.54. The fourth-order valence-corrected chi connectivity index (χ4v) is 1.58. The predicted octanol–water partition coefficient (Wildman–Crippen LogP) is 3.71. The molecule has 0 atom stereocenters. The van der Waals surface area contributed by atoms with E-state index in [9.17, 15) is 0 Å². The van der Waals surface area contributed by atoms with Gasteiger partial charge in [0.05, 0.1) is 6.54 Å². The molecule has 0 spiro atoms. The van der Waals surface area contributed by atoms with E-state index in [2.05, 4.69) is 53.8 Å². The number of hydrogen-bond acceptors (Lipinski definition) is 1. The Bertz CT molecular complexity index is 491. The van der Waals surface area contributed by atoms with Crippen molar-refractivity contribution in [2.45, 2.75) is 6.54 Å². The maximum atomic E-state index is 3.98. The molecular weight excluding hydrogens is 194 g/mol. The van der Waals surface area contributed by atoms with Crippen LogP contribution in [0, 0.1) is 0 Å². The highest BCUT2D eigenvalue weighted by molar-refractivity contribution is 5.63. The standard InChI is InChI=1S/C15H13N/c1-2-16-12-13-8-10-15(11-9-13)14-6-4-3-5-7-14/h3-11H,1,12H2. The Hall–Kier alpha value is -2.11. The van der Waals surface area contributed by atoms with E-state index in [4.69, 9.17) is 0 Å². The maximum absolute atomic E-state index is 3.98. The highest BCUT2D eigenvalue weighted by Crippen LogP contribution is 2.19.